The van der Waals surface area contributed by atoms with Crippen molar-refractivity contribution in [2.45, 2.75) is 63.6 Å². The van der Waals surface area contributed by atoms with E-state index in [2.05, 4.69) is 5.32 Å². The minimum Gasteiger partial charge on any atom is -0.354 e. The molecule has 3 rings (SSSR count). The minimum atomic E-state index is -0.893. The molecule has 1 saturated carbocycles. The van der Waals surface area contributed by atoms with Crippen molar-refractivity contribution in [3.63, 3.8) is 0 Å². The van der Waals surface area contributed by atoms with Crippen molar-refractivity contribution < 1.29 is 18.4 Å². The summed E-state index contributed by atoms with van der Waals surface area (Å²) in [6, 6.07) is 2.22. The number of rotatable bonds is 5. The minimum absolute atomic E-state index is 0. The van der Waals surface area contributed by atoms with Crippen LogP contribution in [0.4, 0.5) is 8.78 Å². The Morgan fingerprint density at radius 2 is 2.00 bits per heavy atom. The molecule has 0 radical (unpaired) electrons. The number of carbonyl (C=O) groups excluding carboxylic acids is 2. The number of carbonyl (C=O) groups is 2. The molecule has 2 aliphatic rings. The van der Waals surface area contributed by atoms with Gasteiger partial charge in [-0.2, -0.15) is 0 Å². The standard InChI is InChI=1S/C20H27F2N3O2.ClH/c1-12(23)8-9-24-19(26)18-10-13-4-2-3-5-17(13)25(18)20(27)15-7-6-14(21)11-16(15)22;/h6-7,11-13,17-18H,2-5,8-10,23H2,1H3,(H,24,26);1H. The van der Waals surface area contributed by atoms with E-state index < -0.39 is 23.6 Å². The van der Waals surface area contributed by atoms with Gasteiger partial charge in [-0.1, -0.05) is 12.8 Å². The van der Waals surface area contributed by atoms with E-state index in [1.807, 2.05) is 6.92 Å². The smallest absolute Gasteiger partial charge is 0.257 e. The number of benzene rings is 1. The van der Waals surface area contributed by atoms with E-state index in [4.69, 9.17) is 5.73 Å². The zero-order valence-corrected chi connectivity index (χ0v) is 16.8. The van der Waals surface area contributed by atoms with Crippen LogP contribution in [0.15, 0.2) is 18.2 Å². The molecule has 2 amide bonds. The van der Waals surface area contributed by atoms with E-state index in [0.29, 0.717) is 25.5 Å². The Balaban J connectivity index is 0.00000280. The predicted octanol–water partition coefficient (Wildman–Crippen LogP) is 3.01. The van der Waals surface area contributed by atoms with Gasteiger partial charge in [0.05, 0.1) is 5.56 Å². The van der Waals surface area contributed by atoms with Crippen LogP contribution in [0, 0.1) is 17.6 Å². The number of nitrogens with two attached hydrogens (primary N) is 1. The molecule has 156 valence electrons. The van der Waals surface area contributed by atoms with E-state index in [1.165, 1.54) is 0 Å². The molecule has 3 N–H and O–H groups in total. The quantitative estimate of drug-likeness (QED) is 0.776. The summed E-state index contributed by atoms with van der Waals surface area (Å²) in [6.07, 6.45) is 5.06. The Hall–Kier alpha value is -1.73. The molecule has 8 heteroatoms. The lowest BCUT2D eigenvalue weighted by atomic mass is 9.84. The number of nitrogens with one attached hydrogen (secondary N) is 1. The second kappa shape index (κ2) is 9.65. The molecule has 28 heavy (non-hydrogen) atoms. The van der Waals surface area contributed by atoms with E-state index in [1.54, 1.807) is 4.90 Å². The molecule has 1 aromatic rings. The highest BCUT2D eigenvalue weighted by Gasteiger charge is 2.47. The third-order valence-electron chi connectivity index (χ3n) is 5.69. The molecule has 4 atom stereocenters. The summed E-state index contributed by atoms with van der Waals surface area (Å²) in [4.78, 5) is 27.4. The van der Waals surface area contributed by atoms with Crippen molar-refractivity contribution in [2.75, 3.05) is 6.54 Å². The normalized spacial score (nSPS) is 24.9. The molecule has 1 aromatic carbocycles. The number of hydrogen-bond donors (Lipinski definition) is 2. The fraction of sp³-hybridized carbons (Fsp3) is 0.600. The molecular formula is C20H28ClF2N3O2. The van der Waals surface area contributed by atoms with Gasteiger partial charge < -0.3 is 16.0 Å². The Kier molecular flexibility index (Phi) is 7.78. The van der Waals surface area contributed by atoms with Gasteiger partial charge in [0.25, 0.3) is 5.91 Å². The van der Waals surface area contributed by atoms with Crippen LogP contribution in [0.25, 0.3) is 0 Å². The van der Waals surface area contributed by atoms with Gasteiger partial charge in [0.2, 0.25) is 5.91 Å². The average molecular weight is 416 g/mol. The Morgan fingerprint density at radius 3 is 2.68 bits per heavy atom. The van der Waals surface area contributed by atoms with Gasteiger partial charge in [-0.3, -0.25) is 9.59 Å². The first kappa shape index (κ1) is 22.6. The highest BCUT2D eigenvalue weighted by Crippen LogP contribution is 2.40. The fourth-order valence-electron chi connectivity index (χ4n) is 4.33. The highest BCUT2D eigenvalue weighted by molar-refractivity contribution is 5.98. The maximum atomic E-state index is 14.2. The second-order valence-corrected chi connectivity index (χ2v) is 7.76. The zero-order valence-electron chi connectivity index (χ0n) is 16.0. The van der Waals surface area contributed by atoms with Crippen molar-refractivity contribution in [2.24, 2.45) is 11.7 Å². The highest BCUT2D eigenvalue weighted by atomic mass is 35.5. The van der Waals surface area contributed by atoms with Crippen LogP contribution in [0.1, 0.15) is 55.8 Å². The number of fused-ring (bicyclic) bond motifs is 1. The second-order valence-electron chi connectivity index (χ2n) is 7.76. The van der Waals surface area contributed by atoms with Crippen LogP contribution < -0.4 is 11.1 Å². The first-order valence-electron chi connectivity index (χ1n) is 9.69. The largest absolute Gasteiger partial charge is 0.354 e. The maximum absolute atomic E-state index is 14.2. The van der Waals surface area contributed by atoms with Gasteiger partial charge in [-0.15, -0.1) is 12.4 Å². The molecule has 1 aliphatic carbocycles. The zero-order chi connectivity index (χ0) is 19.6. The lowest BCUT2D eigenvalue weighted by Crippen LogP contribution is -2.50. The number of hydrogen-bond acceptors (Lipinski definition) is 3. The molecule has 2 fully saturated rings. The summed E-state index contributed by atoms with van der Waals surface area (Å²) in [7, 11) is 0. The molecule has 5 nitrogen and oxygen atoms in total. The van der Waals surface area contributed by atoms with Crippen molar-refractivity contribution >= 4 is 24.2 Å². The van der Waals surface area contributed by atoms with Crippen molar-refractivity contribution in [1.29, 1.82) is 0 Å². The first-order valence-corrected chi connectivity index (χ1v) is 9.69. The number of likely N-dealkylation sites (tertiary alicyclic amines) is 1. The Labute approximate surface area is 170 Å². The van der Waals surface area contributed by atoms with Gasteiger partial charge >= 0.3 is 0 Å². The van der Waals surface area contributed by atoms with Gasteiger partial charge in [0.1, 0.15) is 17.7 Å². The maximum Gasteiger partial charge on any atom is 0.257 e. The van der Waals surface area contributed by atoms with E-state index in [0.717, 1.165) is 37.8 Å². The molecule has 0 spiro atoms. The van der Waals surface area contributed by atoms with Crippen LogP contribution in [0.5, 0.6) is 0 Å². The third kappa shape index (κ3) is 4.81. The average Bonchev–Trinajstić information content (AvgIpc) is 3.00. The van der Waals surface area contributed by atoms with Crippen molar-refractivity contribution in [3.05, 3.63) is 35.4 Å². The van der Waals surface area contributed by atoms with E-state index in [9.17, 15) is 18.4 Å². The Bertz CT molecular complexity index is 717. The molecule has 4 unspecified atom stereocenters. The Morgan fingerprint density at radius 1 is 1.29 bits per heavy atom. The van der Waals surface area contributed by atoms with Crippen molar-refractivity contribution in [3.8, 4) is 0 Å². The van der Waals surface area contributed by atoms with E-state index in [-0.39, 0.29) is 41.9 Å². The molecular weight excluding hydrogens is 388 g/mol. The van der Waals surface area contributed by atoms with Crippen LogP contribution in [0.2, 0.25) is 0 Å². The third-order valence-corrected chi connectivity index (χ3v) is 5.69. The van der Waals surface area contributed by atoms with Crippen molar-refractivity contribution in [1.82, 2.24) is 10.2 Å². The molecule has 1 aliphatic heterocycles. The molecule has 0 bridgehead atoms. The van der Waals surface area contributed by atoms with Crippen LogP contribution >= 0.6 is 12.4 Å². The summed E-state index contributed by atoms with van der Waals surface area (Å²) < 4.78 is 27.4. The van der Waals surface area contributed by atoms with Gasteiger partial charge in [-0.25, -0.2) is 8.78 Å². The summed E-state index contributed by atoms with van der Waals surface area (Å²) in [5, 5.41) is 2.86. The summed E-state index contributed by atoms with van der Waals surface area (Å²) in [5.74, 6) is -2.13. The predicted molar refractivity (Wildman–Crippen MR) is 105 cm³/mol. The monoisotopic (exact) mass is 415 g/mol. The number of amides is 2. The lowest BCUT2D eigenvalue weighted by molar-refractivity contribution is -0.125. The lowest BCUT2D eigenvalue weighted by Gasteiger charge is -2.33. The van der Waals surface area contributed by atoms with E-state index >= 15 is 0 Å². The summed E-state index contributed by atoms with van der Waals surface area (Å²) >= 11 is 0. The van der Waals surface area contributed by atoms with Gasteiger partial charge in [0, 0.05) is 24.7 Å². The number of halogens is 3. The first-order chi connectivity index (χ1) is 12.9. The molecule has 0 aromatic heterocycles. The summed E-state index contributed by atoms with van der Waals surface area (Å²) in [6.45, 7) is 2.30. The molecule has 1 saturated heterocycles. The molecule has 1 heterocycles. The number of nitrogens with zero attached hydrogens (tertiary/aromatic N) is 1. The van der Waals surface area contributed by atoms with Crippen LogP contribution in [0.3, 0.4) is 0 Å². The van der Waals surface area contributed by atoms with Gasteiger partial charge in [0.15, 0.2) is 0 Å². The topological polar surface area (TPSA) is 75.4 Å². The fourth-order valence-corrected chi connectivity index (χ4v) is 4.33. The van der Waals surface area contributed by atoms with Gasteiger partial charge in [-0.05, 0) is 50.7 Å². The van der Waals surface area contributed by atoms with Crippen LogP contribution in [-0.4, -0.2) is 41.4 Å². The SMILES string of the molecule is CC(N)CCNC(=O)C1CC2CCCCC2N1C(=O)c1ccc(F)cc1F.Cl. The summed E-state index contributed by atoms with van der Waals surface area (Å²) in [5.41, 5.74) is 5.54. The van der Waals surface area contributed by atoms with Crippen LogP contribution in [-0.2, 0) is 4.79 Å².